The maximum atomic E-state index is 13.5. The van der Waals surface area contributed by atoms with Crippen LogP contribution in [0.25, 0.3) is 21.9 Å². The zero-order valence-corrected chi connectivity index (χ0v) is 11.9. The highest BCUT2D eigenvalue weighted by molar-refractivity contribution is 5.88. The van der Waals surface area contributed by atoms with Crippen LogP contribution in [0.15, 0.2) is 54.6 Å². The van der Waals surface area contributed by atoms with Gasteiger partial charge < -0.3 is 9.47 Å². The van der Waals surface area contributed by atoms with Crippen molar-refractivity contribution in [2.24, 2.45) is 0 Å². The molecule has 0 aliphatic heterocycles. The highest BCUT2D eigenvalue weighted by Crippen LogP contribution is 2.30. The van der Waals surface area contributed by atoms with Gasteiger partial charge in [-0.05, 0) is 52.2 Å². The summed E-state index contributed by atoms with van der Waals surface area (Å²) in [5.41, 5.74) is 1.94. The second kappa shape index (κ2) is 5.44. The van der Waals surface area contributed by atoms with Crippen LogP contribution in [-0.4, -0.2) is 14.2 Å². The van der Waals surface area contributed by atoms with E-state index < -0.39 is 0 Å². The molecule has 0 atom stereocenters. The van der Waals surface area contributed by atoms with Crippen molar-refractivity contribution in [1.82, 2.24) is 0 Å². The Labute approximate surface area is 122 Å². The summed E-state index contributed by atoms with van der Waals surface area (Å²) in [6, 6.07) is 16.9. The molecular weight excluding hydrogens is 267 g/mol. The number of hydrogen-bond donors (Lipinski definition) is 0. The summed E-state index contributed by atoms with van der Waals surface area (Å²) in [5, 5.41) is 2.21. The van der Waals surface area contributed by atoms with E-state index in [0.717, 1.165) is 27.6 Å². The molecule has 0 bridgehead atoms. The van der Waals surface area contributed by atoms with Gasteiger partial charge in [-0.25, -0.2) is 4.39 Å². The molecule has 3 aromatic rings. The minimum absolute atomic E-state index is 0.252. The van der Waals surface area contributed by atoms with Crippen molar-refractivity contribution < 1.29 is 13.9 Å². The van der Waals surface area contributed by atoms with E-state index in [1.165, 1.54) is 13.2 Å². The minimum atomic E-state index is -0.355. The lowest BCUT2D eigenvalue weighted by Crippen LogP contribution is -1.89. The molecule has 0 fully saturated rings. The van der Waals surface area contributed by atoms with Crippen LogP contribution in [0.1, 0.15) is 0 Å². The smallest absolute Gasteiger partial charge is 0.165 e. The van der Waals surface area contributed by atoms with Gasteiger partial charge in [0.2, 0.25) is 0 Å². The zero-order chi connectivity index (χ0) is 14.8. The van der Waals surface area contributed by atoms with Crippen molar-refractivity contribution in [3.8, 4) is 22.6 Å². The number of hydrogen-bond acceptors (Lipinski definition) is 2. The Hall–Kier alpha value is -2.55. The molecule has 0 aliphatic carbocycles. The highest BCUT2D eigenvalue weighted by atomic mass is 19.1. The molecule has 3 aromatic carbocycles. The van der Waals surface area contributed by atoms with Crippen molar-refractivity contribution in [3.63, 3.8) is 0 Å². The largest absolute Gasteiger partial charge is 0.497 e. The molecule has 0 radical (unpaired) electrons. The van der Waals surface area contributed by atoms with Gasteiger partial charge in [-0.2, -0.15) is 0 Å². The Balaban J connectivity index is 2.08. The van der Waals surface area contributed by atoms with Gasteiger partial charge in [-0.15, -0.1) is 0 Å². The Morgan fingerprint density at radius 3 is 2.14 bits per heavy atom. The Kier molecular flexibility index (Phi) is 3.48. The van der Waals surface area contributed by atoms with Gasteiger partial charge in [-0.1, -0.05) is 24.3 Å². The number of fused-ring (bicyclic) bond motifs is 1. The van der Waals surface area contributed by atoms with Crippen LogP contribution >= 0.6 is 0 Å². The fourth-order valence-electron chi connectivity index (χ4n) is 2.37. The van der Waals surface area contributed by atoms with Gasteiger partial charge in [0.15, 0.2) is 11.6 Å². The molecular formula is C18H15FO2. The quantitative estimate of drug-likeness (QED) is 0.695. The first-order chi connectivity index (χ1) is 10.2. The molecule has 3 rings (SSSR count). The summed E-state index contributed by atoms with van der Waals surface area (Å²) in [6.07, 6.45) is 0. The Morgan fingerprint density at radius 1 is 0.714 bits per heavy atom. The van der Waals surface area contributed by atoms with Crippen LogP contribution in [0, 0.1) is 5.82 Å². The monoisotopic (exact) mass is 282 g/mol. The van der Waals surface area contributed by atoms with Crippen LogP contribution in [0.2, 0.25) is 0 Å². The minimum Gasteiger partial charge on any atom is -0.497 e. The second-order valence-electron chi connectivity index (χ2n) is 4.78. The van der Waals surface area contributed by atoms with Gasteiger partial charge in [-0.3, -0.25) is 0 Å². The van der Waals surface area contributed by atoms with E-state index in [-0.39, 0.29) is 11.6 Å². The van der Waals surface area contributed by atoms with Crippen LogP contribution in [0.4, 0.5) is 4.39 Å². The Morgan fingerprint density at radius 2 is 1.38 bits per heavy atom. The molecule has 0 aromatic heterocycles. The predicted octanol–water partition coefficient (Wildman–Crippen LogP) is 4.66. The highest BCUT2D eigenvalue weighted by Gasteiger charge is 2.06. The summed E-state index contributed by atoms with van der Waals surface area (Å²) in [6.45, 7) is 0. The van der Waals surface area contributed by atoms with Crippen LogP contribution < -0.4 is 9.47 Å². The number of methoxy groups -OCH3 is 2. The second-order valence-corrected chi connectivity index (χ2v) is 4.78. The molecule has 2 nitrogen and oxygen atoms in total. The maximum absolute atomic E-state index is 13.5. The van der Waals surface area contributed by atoms with E-state index >= 15 is 0 Å². The van der Waals surface area contributed by atoms with Gasteiger partial charge in [0.1, 0.15) is 5.75 Å². The maximum Gasteiger partial charge on any atom is 0.165 e. The molecule has 21 heavy (non-hydrogen) atoms. The van der Waals surface area contributed by atoms with E-state index in [1.54, 1.807) is 19.2 Å². The number of ether oxygens (including phenoxy) is 2. The van der Waals surface area contributed by atoms with E-state index in [0.29, 0.717) is 0 Å². The van der Waals surface area contributed by atoms with Crippen molar-refractivity contribution >= 4 is 10.8 Å². The number of halogens is 1. The molecule has 0 saturated heterocycles. The summed E-state index contributed by atoms with van der Waals surface area (Å²) in [5.74, 6) is 0.729. The molecule has 0 N–H and O–H groups in total. The number of benzene rings is 3. The van der Waals surface area contributed by atoms with Crippen molar-refractivity contribution in [2.75, 3.05) is 14.2 Å². The Bertz CT molecular complexity index is 796. The fraction of sp³-hybridized carbons (Fsp3) is 0.111. The molecule has 0 unspecified atom stereocenters. The van der Waals surface area contributed by atoms with Crippen molar-refractivity contribution in [2.45, 2.75) is 0 Å². The first-order valence-electron chi connectivity index (χ1n) is 6.63. The van der Waals surface area contributed by atoms with Gasteiger partial charge >= 0.3 is 0 Å². The molecule has 0 aliphatic rings. The van der Waals surface area contributed by atoms with Crippen LogP contribution in [0.5, 0.6) is 11.5 Å². The fourth-order valence-corrected chi connectivity index (χ4v) is 2.37. The van der Waals surface area contributed by atoms with Gasteiger partial charge in [0.05, 0.1) is 14.2 Å². The SMILES string of the molecule is COc1ccc2cc(-c3ccc(F)c(OC)c3)ccc2c1. The summed E-state index contributed by atoms with van der Waals surface area (Å²) < 4.78 is 23.7. The third-order valence-corrected chi connectivity index (χ3v) is 3.53. The van der Waals surface area contributed by atoms with Gasteiger partial charge in [0, 0.05) is 0 Å². The molecule has 0 saturated carbocycles. The van der Waals surface area contributed by atoms with Gasteiger partial charge in [0.25, 0.3) is 0 Å². The molecule has 0 spiro atoms. The molecule has 0 heterocycles. The average molecular weight is 282 g/mol. The standard InChI is InChI=1S/C18H15FO2/c1-20-16-7-5-13-9-12(3-4-14(13)10-16)15-6-8-17(19)18(11-15)21-2/h3-11H,1-2H3. The summed E-state index contributed by atoms with van der Waals surface area (Å²) >= 11 is 0. The van der Waals surface area contributed by atoms with Crippen molar-refractivity contribution in [3.05, 3.63) is 60.4 Å². The molecule has 3 heteroatoms. The molecule has 106 valence electrons. The average Bonchev–Trinajstić information content (AvgIpc) is 2.54. The number of rotatable bonds is 3. The topological polar surface area (TPSA) is 18.5 Å². The normalized spacial score (nSPS) is 10.6. The first-order valence-corrected chi connectivity index (χ1v) is 6.63. The summed E-state index contributed by atoms with van der Waals surface area (Å²) in [7, 11) is 3.12. The van der Waals surface area contributed by atoms with E-state index in [2.05, 4.69) is 6.07 Å². The first kappa shape index (κ1) is 13.4. The lowest BCUT2D eigenvalue weighted by atomic mass is 10.0. The van der Waals surface area contributed by atoms with E-state index in [4.69, 9.17) is 9.47 Å². The van der Waals surface area contributed by atoms with Crippen LogP contribution in [0.3, 0.4) is 0 Å². The third-order valence-electron chi connectivity index (χ3n) is 3.53. The van der Waals surface area contributed by atoms with E-state index in [9.17, 15) is 4.39 Å². The molecule has 0 amide bonds. The van der Waals surface area contributed by atoms with Crippen molar-refractivity contribution in [1.29, 1.82) is 0 Å². The zero-order valence-electron chi connectivity index (χ0n) is 11.9. The summed E-state index contributed by atoms with van der Waals surface area (Å²) in [4.78, 5) is 0. The van der Waals surface area contributed by atoms with E-state index in [1.807, 2.05) is 30.3 Å². The predicted molar refractivity (Wildman–Crippen MR) is 82.4 cm³/mol. The lowest BCUT2D eigenvalue weighted by Gasteiger charge is -2.08. The lowest BCUT2D eigenvalue weighted by molar-refractivity contribution is 0.387. The third kappa shape index (κ3) is 2.55. The van der Waals surface area contributed by atoms with Crippen LogP contribution in [-0.2, 0) is 0 Å².